The molecule has 0 bridgehead atoms. The van der Waals surface area contributed by atoms with Gasteiger partial charge in [-0.25, -0.2) is 0 Å². The Morgan fingerprint density at radius 1 is 0.947 bits per heavy atom. The molecule has 0 unspecified atom stereocenters. The van der Waals surface area contributed by atoms with Gasteiger partial charge in [0.15, 0.2) is 11.6 Å². The molecular weight excluding hydrogens is 474 g/mol. The van der Waals surface area contributed by atoms with Crippen molar-refractivity contribution in [2.24, 2.45) is 50.7 Å². The zero-order chi connectivity index (χ0) is 27.5. The van der Waals surface area contributed by atoms with Crippen LogP contribution in [0.2, 0.25) is 0 Å². The molecule has 5 aliphatic rings. The van der Waals surface area contributed by atoms with Crippen molar-refractivity contribution in [3.05, 3.63) is 17.5 Å². The highest BCUT2D eigenvalue weighted by atomic mass is 16.1. The van der Waals surface area contributed by atoms with Gasteiger partial charge in [0.25, 0.3) is 0 Å². The molecule has 0 aliphatic heterocycles. The van der Waals surface area contributed by atoms with Crippen molar-refractivity contribution in [1.82, 2.24) is 20.6 Å². The first-order valence-corrected chi connectivity index (χ1v) is 14.6. The predicted octanol–water partition coefficient (Wildman–Crippen LogP) is 5.75. The lowest BCUT2D eigenvalue weighted by atomic mass is 9.31. The summed E-state index contributed by atoms with van der Waals surface area (Å²) in [7, 11) is 0. The van der Waals surface area contributed by atoms with Crippen LogP contribution in [0.4, 0.5) is 0 Å². The van der Waals surface area contributed by atoms with E-state index in [1.807, 2.05) is 19.9 Å². The van der Waals surface area contributed by atoms with Crippen LogP contribution in [0.25, 0.3) is 0 Å². The van der Waals surface area contributed by atoms with Crippen LogP contribution in [0.5, 0.6) is 0 Å². The van der Waals surface area contributed by atoms with Gasteiger partial charge in [-0.15, -0.1) is 10.2 Å². The third-order valence-electron chi connectivity index (χ3n) is 13.3. The maximum absolute atomic E-state index is 14.6. The molecule has 38 heavy (non-hydrogen) atoms. The standard InChI is InChI=1S/C31H43N5O2/c1-26(2)10-12-31(25-33-35-36-34-25)13-11-30(7)23(19(31)16-26)20(37)14-22-28(5)15-18(17-32)24(38)27(3,4)21(28)8-9-29(22,30)6/h15,19,21-23H,8-14,16H2,1-7H3,(H,33,34,35,36)/t19-,21+,22-,23+,28+,29-,30-,31+/m1/s1. The van der Waals surface area contributed by atoms with E-state index >= 15 is 0 Å². The van der Waals surface area contributed by atoms with E-state index in [1.165, 1.54) is 0 Å². The summed E-state index contributed by atoms with van der Waals surface area (Å²) in [6, 6.07) is 2.22. The Morgan fingerprint density at radius 3 is 2.32 bits per heavy atom. The molecule has 8 atom stereocenters. The summed E-state index contributed by atoms with van der Waals surface area (Å²) in [5.41, 5.74) is -0.979. The molecule has 1 heterocycles. The fourth-order valence-corrected chi connectivity index (χ4v) is 11.1. The molecule has 0 aromatic carbocycles. The van der Waals surface area contributed by atoms with Gasteiger partial charge in [0.05, 0.1) is 5.57 Å². The van der Waals surface area contributed by atoms with Crippen LogP contribution < -0.4 is 0 Å². The van der Waals surface area contributed by atoms with Crippen molar-refractivity contribution >= 4 is 11.6 Å². The average Bonchev–Trinajstić information content (AvgIpc) is 3.38. The Hall–Kier alpha value is -2.36. The molecule has 5 aliphatic carbocycles. The maximum atomic E-state index is 14.6. The van der Waals surface area contributed by atoms with E-state index in [1.54, 1.807) is 0 Å². The lowest BCUT2D eigenvalue weighted by molar-refractivity contribution is -0.214. The normalized spacial score (nSPS) is 47.1. The number of rotatable bonds is 1. The lowest BCUT2D eigenvalue weighted by Gasteiger charge is -2.71. The van der Waals surface area contributed by atoms with Crippen molar-refractivity contribution in [3.63, 3.8) is 0 Å². The molecule has 6 rings (SSSR count). The topological polar surface area (TPSA) is 112 Å². The summed E-state index contributed by atoms with van der Waals surface area (Å²) >= 11 is 0. The number of fused-ring (bicyclic) bond motifs is 7. The first kappa shape index (κ1) is 25.9. The molecule has 1 aromatic heterocycles. The van der Waals surface area contributed by atoms with Crippen molar-refractivity contribution in [2.75, 3.05) is 0 Å². The molecule has 4 saturated carbocycles. The third kappa shape index (κ3) is 2.98. The minimum Gasteiger partial charge on any atom is -0.299 e. The van der Waals surface area contributed by atoms with Gasteiger partial charge >= 0.3 is 0 Å². The third-order valence-corrected chi connectivity index (χ3v) is 13.3. The van der Waals surface area contributed by atoms with E-state index in [0.717, 1.165) is 50.8 Å². The van der Waals surface area contributed by atoms with Crippen LogP contribution in [0.1, 0.15) is 106 Å². The van der Waals surface area contributed by atoms with Crippen molar-refractivity contribution in [1.29, 1.82) is 5.26 Å². The molecule has 7 nitrogen and oxygen atoms in total. The van der Waals surface area contributed by atoms with Crippen LogP contribution in [-0.2, 0) is 15.0 Å². The molecule has 204 valence electrons. The lowest BCUT2D eigenvalue weighted by Crippen LogP contribution is -2.69. The van der Waals surface area contributed by atoms with E-state index in [9.17, 15) is 14.9 Å². The number of nitrogens with zero attached hydrogens (tertiary/aromatic N) is 4. The van der Waals surface area contributed by atoms with E-state index in [2.05, 4.69) is 61.3 Å². The maximum Gasteiger partial charge on any atom is 0.180 e. The average molecular weight is 518 g/mol. The van der Waals surface area contributed by atoms with Gasteiger partial charge in [-0.05, 0) is 84.4 Å². The molecule has 7 heteroatoms. The summed E-state index contributed by atoms with van der Waals surface area (Å²) in [6.07, 6.45) is 9.47. The second-order valence-corrected chi connectivity index (χ2v) is 15.6. The molecule has 0 saturated heterocycles. The smallest absolute Gasteiger partial charge is 0.180 e. The van der Waals surface area contributed by atoms with E-state index in [4.69, 9.17) is 0 Å². The Morgan fingerprint density at radius 2 is 1.66 bits per heavy atom. The van der Waals surface area contributed by atoms with E-state index in [0.29, 0.717) is 12.2 Å². The quantitative estimate of drug-likeness (QED) is 0.507. The van der Waals surface area contributed by atoms with Crippen molar-refractivity contribution < 1.29 is 9.59 Å². The molecule has 4 fully saturated rings. The fourth-order valence-electron chi connectivity index (χ4n) is 11.1. The number of nitrogens with one attached hydrogen (secondary N) is 1. The van der Waals surface area contributed by atoms with Crippen LogP contribution in [0.3, 0.4) is 0 Å². The number of Topliss-reactive ketones (excluding diaryl/α,β-unsaturated/α-hetero) is 2. The van der Waals surface area contributed by atoms with Crippen LogP contribution in [-0.4, -0.2) is 32.2 Å². The van der Waals surface area contributed by atoms with Crippen LogP contribution >= 0.6 is 0 Å². The Balaban J connectivity index is 1.49. The predicted molar refractivity (Wildman–Crippen MR) is 142 cm³/mol. The van der Waals surface area contributed by atoms with Gasteiger partial charge in [0, 0.05) is 23.2 Å². The minimum absolute atomic E-state index is 0.0377. The highest BCUT2D eigenvalue weighted by Crippen LogP contribution is 2.75. The van der Waals surface area contributed by atoms with Gasteiger partial charge in [-0.2, -0.15) is 10.5 Å². The second-order valence-electron chi connectivity index (χ2n) is 15.6. The molecule has 0 amide bonds. The summed E-state index contributed by atoms with van der Waals surface area (Å²) in [5.74, 6) is 1.50. The Labute approximate surface area is 226 Å². The first-order valence-electron chi connectivity index (χ1n) is 14.6. The highest BCUT2D eigenvalue weighted by molar-refractivity contribution is 6.04. The van der Waals surface area contributed by atoms with Gasteiger partial charge in [-0.3, -0.25) is 9.59 Å². The SMILES string of the molecule is CC1(C)CC[C@]2(c3nn[nH]n3)CC[C@]3(C)[C@H](C(=O)C[C@@H]4[C@@]5(C)C=C(C#N)C(=O)C(C)(C)[C@@H]5CC[C@]43C)[C@H]2C1. The number of allylic oxidation sites excluding steroid dienone is 2. The number of nitriles is 1. The van der Waals surface area contributed by atoms with Crippen molar-refractivity contribution in [3.8, 4) is 6.07 Å². The minimum atomic E-state index is -0.607. The summed E-state index contributed by atoms with van der Waals surface area (Å²) in [6.45, 7) is 15.8. The number of aromatic nitrogens is 4. The van der Waals surface area contributed by atoms with Crippen LogP contribution in [0, 0.1) is 62.1 Å². The number of hydrogen-bond acceptors (Lipinski definition) is 6. The monoisotopic (exact) mass is 517 g/mol. The molecular formula is C31H43N5O2. The number of carbonyl (C=O) groups is 2. The van der Waals surface area contributed by atoms with E-state index < -0.39 is 5.41 Å². The largest absolute Gasteiger partial charge is 0.299 e. The molecule has 0 radical (unpaired) electrons. The van der Waals surface area contributed by atoms with Gasteiger partial charge in [0.2, 0.25) is 0 Å². The van der Waals surface area contributed by atoms with Gasteiger partial charge < -0.3 is 0 Å². The zero-order valence-electron chi connectivity index (χ0n) is 24.1. The number of hydrogen-bond donors (Lipinski definition) is 1. The number of tetrazole rings is 1. The number of aromatic amines is 1. The van der Waals surface area contributed by atoms with E-state index in [-0.39, 0.29) is 62.1 Å². The summed E-state index contributed by atoms with van der Waals surface area (Å²) in [4.78, 5) is 27.8. The van der Waals surface area contributed by atoms with Crippen molar-refractivity contribution in [2.45, 2.75) is 105 Å². The number of carbonyl (C=O) groups excluding carboxylic acids is 2. The van der Waals surface area contributed by atoms with Gasteiger partial charge in [-0.1, -0.05) is 59.8 Å². The Kier molecular flexibility index (Phi) is 5.20. The molecule has 1 aromatic rings. The second kappa shape index (κ2) is 7.64. The fraction of sp³-hybridized carbons (Fsp3) is 0.806. The Bertz CT molecular complexity index is 1270. The first-order chi connectivity index (χ1) is 17.7. The number of ketones is 2. The van der Waals surface area contributed by atoms with Gasteiger partial charge in [0.1, 0.15) is 11.9 Å². The van der Waals surface area contributed by atoms with Crippen LogP contribution in [0.15, 0.2) is 11.6 Å². The zero-order valence-corrected chi connectivity index (χ0v) is 24.1. The number of H-pyrrole nitrogens is 1. The summed E-state index contributed by atoms with van der Waals surface area (Å²) < 4.78 is 0. The highest BCUT2D eigenvalue weighted by Gasteiger charge is 2.72. The summed E-state index contributed by atoms with van der Waals surface area (Å²) in [5, 5.41) is 25.6. The molecule has 1 N–H and O–H groups in total. The molecule has 0 spiro atoms.